The SMILES string of the molecule is O=C(Nc1ccc(C(=O)N2Cc3cccn3Cc3ccccc32)cc1)c1ccccc1-c1ccccn1. The van der Waals surface area contributed by atoms with Crippen molar-refractivity contribution in [1.29, 1.82) is 0 Å². The summed E-state index contributed by atoms with van der Waals surface area (Å²) in [7, 11) is 0. The van der Waals surface area contributed by atoms with Crippen molar-refractivity contribution in [1.82, 2.24) is 9.55 Å². The molecule has 0 bridgehead atoms. The molecule has 1 N–H and O–H groups in total. The van der Waals surface area contributed by atoms with Crippen LogP contribution in [-0.4, -0.2) is 21.4 Å². The first-order valence-electron chi connectivity index (χ1n) is 12.1. The summed E-state index contributed by atoms with van der Waals surface area (Å²) < 4.78 is 2.17. The highest BCUT2D eigenvalue weighted by Gasteiger charge is 2.24. The number of hydrogen-bond acceptors (Lipinski definition) is 3. The van der Waals surface area contributed by atoms with E-state index < -0.39 is 0 Å². The van der Waals surface area contributed by atoms with Crippen LogP contribution in [0.4, 0.5) is 11.4 Å². The normalized spacial score (nSPS) is 12.3. The molecule has 0 atom stereocenters. The van der Waals surface area contributed by atoms with E-state index in [-0.39, 0.29) is 11.8 Å². The molecule has 6 nitrogen and oxygen atoms in total. The zero-order valence-corrected chi connectivity index (χ0v) is 20.0. The van der Waals surface area contributed by atoms with E-state index in [1.54, 1.807) is 36.5 Å². The Labute approximate surface area is 214 Å². The minimum absolute atomic E-state index is 0.0829. The van der Waals surface area contributed by atoms with Gasteiger partial charge in [0.2, 0.25) is 0 Å². The Morgan fingerprint density at radius 2 is 1.54 bits per heavy atom. The second-order valence-corrected chi connectivity index (χ2v) is 8.94. The zero-order valence-electron chi connectivity index (χ0n) is 20.0. The number of aromatic nitrogens is 2. The van der Waals surface area contributed by atoms with Gasteiger partial charge in [0.15, 0.2) is 0 Å². The molecule has 3 heterocycles. The fourth-order valence-corrected chi connectivity index (χ4v) is 4.74. The lowest BCUT2D eigenvalue weighted by molar-refractivity contribution is 0.0984. The van der Waals surface area contributed by atoms with Gasteiger partial charge in [-0.1, -0.05) is 42.5 Å². The van der Waals surface area contributed by atoms with Gasteiger partial charge < -0.3 is 14.8 Å². The lowest BCUT2D eigenvalue weighted by atomic mass is 10.0. The minimum Gasteiger partial charge on any atom is -0.345 e. The van der Waals surface area contributed by atoms with Crippen LogP contribution in [-0.2, 0) is 13.1 Å². The number of carbonyl (C=O) groups excluding carboxylic acids is 2. The van der Waals surface area contributed by atoms with Crippen molar-refractivity contribution in [3.63, 3.8) is 0 Å². The van der Waals surface area contributed by atoms with Crippen molar-refractivity contribution in [3.05, 3.63) is 138 Å². The van der Waals surface area contributed by atoms with Gasteiger partial charge in [0.1, 0.15) is 0 Å². The van der Waals surface area contributed by atoms with E-state index in [4.69, 9.17) is 0 Å². The summed E-state index contributed by atoms with van der Waals surface area (Å²) in [5, 5.41) is 2.95. The van der Waals surface area contributed by atoms with Gasteiger partial charge in [0.25, 0.3) is 11.8 Å². The molecule has 6 rings (SSSR count). The Balaban J connectivity index is 1.24. The van der Waals surface area contributed by atoms with Gasteiger partial charge >= 0.3 is 0 Å². The number of rotatable bonds is 4. The van der Waals surface area contributed by atoms with Crippen LogP contribution in [0.1, 0.15) is 32.0 Å². The first-order valence-corrected chi connectivity index (χ1v) is 12.1. The van der Waals surface area contributed by atoms with Crippen LogP contribution in [0.3, 0.4) is 0 Å². The summed E-state index contributed by atoms with van der Waals surface area (Å²) >= 11 is 0. The van der Waals surface area contributed by atoms with Gasteiger partial charge in [-0.2, -0.15) is 0 Å². The topological polar surface area (TPSA) is 67.2 Å². The molecule has 0 unspecified atom stereocenters. The van der Waals surface area contributed by atoms with Crippen molar-refractivity contribution < 1.29 is 9.59 Å². The number of hydrogen-bond donors (Lipinski definition) is 1. The molecule has 6 heteroatoms. The number of amides is 2. The number of nitrogens with zero attached hydrogens (tertiary/aromatic N) is 3. The van der Waals surface area contributed by atoms with Crippen LogP contribution >= 0.6 is 0 Å². The fourth-order valence-electron chi connectivity index (χ4n) is 4.74. The molecule has 0 saturated heterocycles. The molecule has 0 saturated carbocycles. The number of para-hydroxylation sites is 1. The molecule has 3 aromatic carbocycles. The van der Waals surface area contributed by atoms with Gasteiger partial charge in [0, 0.05) is 52.7 Å². The smallest absolute Gasteiger partial charge is 0.258 e. The Morgan fingerprint density at radius 3 is 2.38 bits per heavy atom. The number of fused-ring (bicyclic) bond motifs is 2. The maximum Gasteiger partial charge on any atom is 0.258 e. The van der Waals surface area contributed by atoms with Gasteiger partial charge in [-0.3, -0.25) is 14.6 Å². The summed E-state index contributed by atoms with van der Waals surface area (Å²) in [6.07, 6.45) is 3.75. The van der Waals surface area contributed by atoms with E-state index in [0.29, 0.717) is 23.4 Å². The summed E-state index contributed by atoms with van der Waals surface area (Å²) in [5.41, 5.74) is 6.30. The summed E-state index contributed by atoms with van der Waals surface area (Å²) in [6.45, 7) is 1.22. The van der Waals surface area contributed by atoms with Gasteiger partial charge in [-0.15, -0.1) is 0 Å². The number of benzene rings is 3. The highest BCUT2D eigenvalue weighted by Crippen LogP contribution is 2.29. The predicted molar refractivity (Wildman–Crippen MR) is 145 cm³/mol. The van der Waals surface area contributed by atoms with Crippen molar-refractivity contribution in [3.8, 4) is 11.3 Å². The van der Waals surface area contributed by atoms with E-state index in [1.165, 1.54) is 0 Å². The van der Waals surface area contributed by atoms with Gasteiger partial charge in [0.05, 0.1) is 12.2 Å². The second-order valence-electron chi connectivity index (χ2n) is 8.94. The summed E-state index contributed by atoms with van der Waals surface area (Å²) in [6, 6.07) is 32.1. The molecule has 1 aliphatic rings. The molecular weight excluding hydrogens is 460 g/mol. The van der Waals surface area contributed by atoms with Gasteiger partial charge in [-0.25, -0.2) is 0 Å². The maximum absolute atomic E-state index is 13.6. The maximum atomic E-state index is 13.6. The van der Waals surface area contributed by atoms with Crippen molar-refractivity contribution in [2.45, 2.75) is 13.1 Å². The second kappa shape index (κ2) is 9.59. The molecule has 0 spiro atoms. The molecule has 0 fully saturated rings. The number of nitrogens with one attached hydrogen (secondary N) is 1. The summed E-state index contributed by atoms with van der Waals surface area (Å²) in [4.78, 5) is 33.0. The monoisotopic (exact) mass is 484 g/mol. The number of carbonyl (C=O) groups is 2. The molecule has 0 radical (unpaired) electrons. The van der Waals surface area contributed by atoms with Crippen molar-refractivity contribution in [2.75, 3.05) is 10.2 Å². The van der Waals surface area contributed by atoms with E-state index in [2.05, 4.69) is 20.9 Å². The lowest BCUT2D eigenvalue weighted by Crippen LogP contribution is -2.30. The van der Waals surface area contributed by atoms with E-state index in [9.17, 15) is 9.59 Å². The first-order chi connectivity index (χ1) is 18.2. The Kier molecular flexibility index (Phi) is 5.83. The Hall–Kier alpha value is -4.97. The van der Waals surface area contributed by atoms with Crippen LogP contribution in [0.2, 0.25) is 0 Å². The average Bonchev–Trinajstić information content (AvgIpc) is 3.32. The minimum atomic E-state index is -0.234. The largest absolute Gasteiger partial charge is 0.345 e. The molecule has 1 aliphatic heterocycles. The van der Waals surface area contributed by atoms with E-state index in [1.807, 2.05) is 77.8 Å². The first kappa shape index (κ1) is 22.5. The Bertz CT molecular complexity index is 1590. The highest BCUT2D eigenvalue weighted by molar-refractivity contribution is 6.09. The molecule has 0 aliphatic carbocycles. The van der Waals surface area contributed by atoms with Crippen molar-refractivity contribution >= 4 is 23.2 Å². The molecule has 2 amide bonds. The average molecular weight is 485 g/mol. The van der Waals surface area contributed by atoms with Crippen LogP contribution in [0.25, 0.3) is 11.3 Å². The standard InChI is InChI=1S/C31H24N4O2/c36-30(27-11-3-2-10-26(27)28-12-5-6-18-32-28)33-24-16-14-22(15-17-24)31(37)35-21-25-9-7-19-34(25)20-23-8-1-4-13-29(23)35/h1-19H,20-21H2,(H,33,36). The van der Waals surface area contributed by atoms with E-state index >= 15 is 0 Å². The Morgan fingerprint density at radius 1 is 0.757 bits per heavy atom. The molecular formula is C31H24N4O2. The fraction of sp³-hybridized carbons (Fsp3) is 0.0645. The van der Waals surface area contributed by atoms with Crippen molar-refractivity contribution in [2.24, 2.45) is 0 Å². The third-order valence-corrected chi connectivity index (χ3v) is 6.61. The highest BCUT2D eigenvalue weighted by atomic mass is 16.2. The lowest BCUT2D eigenvalue weighted by Gasteiger charge is -2.23. The molecule has 180 valence electrons. The van der Waals surface area contributed by atoms with Crippen LogP contribution in [0.5, 0.6) is 0 Å². The molecule has 2 aromatic heterocycles. The number of pyridine rings is 1. The van der Waals surface area contributed by atoms with E-state index in [0.717, 1.165) is 34.7 Å². The van der Waals surface area contributed by atoms with Crippen LogP contribution < -0.4 is 10.2 Å². The third kappa shape index (κ3) is 4.41. The third-order valence-electron chi connectivity index (χ3n) is 6.61. The molecule has 37 heavy (non-hydrogen) atoms. The summed E-state index contributed by atoms with van der Waals surface area (Å²) in [5.74, 6) is -0.317. The quantitative estimate of drug-likeness (QED) is 0.340. The zero-order chi connectivity index (χ0) is 25.2. The van der Waals surface area contributed by atoms with Crippen LogP contribution in [0.15, 0.2) is 116 Å². The molecule has 5 aromatic rings. The predicted octanol–water partition coefficient (Wildman–Crippen LogP) is 6.01. The van der Waals surface area contributed by atoms with Crippen LogP contribution in [0, 0.1) is 0 Å². The van der Waals surface area contributed by atoms with Gasteiger partial charge in [-0.05, 0) is 66.2 Å². The number of anilines is 2.